The number of rotatable bonds is 4. The Kier molecular flexibility index (Phi) is 5.19. The van der Waals surface area contributed by atoms with E-state index in [2.05, 4.69) is 45.1 Å². The van der Waals surface area contributed by atoms with Gasteiger partial charge in [0.25, 0.3) is 0 Å². The molecule has 120 valence electrons. The summed E-state index contributed by atoms with van der Waals surface area (Å²) in [6, 6.07) is 9.01. The van der Waals surface area contributed by atoms with Crippen LogP contribution in [0.4, 0.5) is 0 Å². The Hall–Kier alpha value is -0.870. The molecule has 1 aliphatic carbocycles. The summed E-state index contributed by atoms with van der Waals surface area (Å²) in [5.74, 6) is 0.711. The summed E-state index contributed by atoms with van der Waals surface area (Å²) in [6.45, 7) is 3.19. The molecule has 1 aromatic rings. The second-order valence-corrected chi connectivity index (χ2v) is 7.63. The van der Waals surface area contributed by atoms with Crippen molar-refractivity contribution < 1.29 is 4.79 Å². The molecule has 2 aliphatic rings. The molecule has 1 amide bonds. The molecule has 0 unspecified atom stereocenters. The normalized spacial score (nSPS) is 20.6. The first-order valence-corrected chi connectivity index (χ1v) is 9.16. The number of likely N-dealkylation sites (tertiary alicyclic amines) is 1. The van der Waals surface area contributed by atoms with E-state index >= 15 is 0 Å². The highest BCUT2D eigenvalue weighted by Gasteiger charge is 2.32. The van der Waals surface area contributed by atoms with Crippen molar-refractivity contribution in [2.75, 3.05) is 20.1 Å². The third kappa shape index (κ3) is 3.72. The molecule has 1 aromatic carbocycles. The Balaban J connectivity index is 1.47. The van der Waals surface area contributed by atoms with Crippen molar-refractivity contribution in [3.63, 3.8) is 0 Å². The Labute approximate surface area is 141 Å². The second-order valence-electron chi connectivity index (χ2n) is 6.71. The minimum Gasteiger partial charge on any atom is -0.342 e. The zero-order valence-electron chi connectivity index (χ0n) is 13.3. The fourth-order valence-corrected chi connectivity index (χ4v) is 3.70. The molecule has 4 heteroatoms. The first-order chi connectivity index (χ1) is 10.6. The van der Waals surface area contributed by atoms with Crippen LogP contribution in [-0.4, -0.2) is 41.9 Å². The molecule has 0 N–H and O–H groups in total. The van der Waals surface area contributed by atoms with Crippen molar-refractivity contribution in [3.8, 4) is 0 Å². The number of hydrogen-bond donors (Lipinski definition) is 0. The van der Waals surface area contributed by atoms with Crippen molar-refractivity contribution in [1.29, 1.82) is 0 Å². The van der Waals surface area contributed by atoms with Gasteiger partial charge >= 0.3 is 0 Å². The highest BCUT2D eigenvalue weighted by molar-refractivity contribution is 9.10. The fraction of sp³-hybridized carbons (Fsp3) is 0.611. The van der Waals surface area contributed by atoms with Crippen molar-refractivity contribution in [3.05, 3.63) is 34.3 Å². The van der Waals surface area contributed by atoms with Crippen LogP contribution in [0.3, 0.4) is 0 Å². The Morgan fingerprint density at radius 1 is 1.18 bits per heavy atom. The van der Waals surface area contributed by atoms with Crippen LogP contribution >= 0.6 is 15.9 Å². The van der Waals surface area contributed by atoms with Crippen molar-refractivity contribution in [2.24, 2.45) is 5.92 Å². The zero-order valence-corrected chi connectivity index (χ0v) is 14.9. The summed E-state index contributed by atoms with van der Waals surface area (Å²) in [7, 11) is 2.01. The molecule has 3 nitrogen and oxygen atoms in total. The molecule has 0 atom stereocenters. The number of carbonyl (C=O) groups excluding carboxylic acids is 1. The summed E-state index contributed by atoms with van der Waals surface area (Å²) >= 11 is 3.48. The van der Waals surface area contributed by atoms with E-state index in [1.54, 1.807) is 0 Å². The van der Waals surface area contributed by atoms with Crippen molar-refractivity contribution in [2.45, 2.75) is 44.7 Å². The van der Waals surface area contributed by atoms with Crippen LogP contribution in [0.25, 0.3) is 0 Å². The Morgan fingerprint density at radius 3 is 2.36 bits per heavy atom. The van der Waals surface area contributed by atoms with Gasteiger partial charge in [-0.2, -0.15) is 0 Å². The van der Waals surface area contributed by atoms with Gasteiger partial charge in [-0.15, -0.1) is 0 Å². The van der Waals surface area contributed by atoms with Crippen LogP contribution in [0.5, 0.6) is 0 Å². The predicted molar refractivity (Wildman–Crippen MR) is 92.6 cm³/mol. The van der Waals surface area contributed by atoms with Gasteiger partial charge in [0.15, 0.2) is 0 Å². The monoisotopic (exact) mass is 364 g/mol. The van der Waals surface area contributed by atoms with E-state index in [4.69, 9.17) is 0 Å². The van der Waals surface area contributed by atoms with E-state index in [-0.39, 0.29) is 0 Å². The molecule has 1 saturated heterocycles. The number of halogens is 1. The van der Waals surface area contributed by atoms with Crippen molar-refractivity contribution in [1.82, 2.24) is 9.80 Å². The van der Waals surface area contributed by atoms with Gasteiger partial charge in [-0.05, 0) is 43.4 Å². The smallest absolute Gasteiger partial charge is 0.225 e. The first-order valence-electron chi connectivity index (χ1n) is 8.37. The molecule has 0 bridgehead atoms. The van der Waals surface area contributed by atoms with Crippen molar-refractivity contribution >= 4 is 21.8 Å². The van der Waals surface area contributed by atoms with E-state index in [1.807, 2.05) is 11.9 Å². The SMILES string of the molecule is CN(C(=O)C1CCC1)C1CCN(Cc2ccc(Br)cc2)CC1. The lowest BCUT2D eigenvalue weighted by molar-refractivity contribution is -0.139. The largest absolute Gasteiger partial charge is 0.342 e. The van der Waals surface area contributed by atoms with Gasteiger partial charge in [-0.1, -0.05) is 34.5 Å². The summed E-state index contributed by atoms with van der Waals surface area (Å²) in [5.41, 5.74) is 1.36. The molecule has 1 aliphatic heterocycles. The maximum Gasteiger partial charge on any atom is 0.225 e. The lowest BCUT2D eigenvalue weighted by Gasteiger charge is -2.39. The predicted octanol–water partition coefficient (Wildman–Crippen LogP) is 3.67. The maximum atomic E-state index is 12.3. The fourth-order valence-electron chi connectivity index (χ4n) is 3.44. The number of carbonyl (C=O) groups is 1. The zero-order chi connectivity index (χ0) is 15.5. The van der Waals surface area contributed by atoms with Crippen LogP contribution in [-0.2, 0) is 11.3 Å². The molecular formula is C18H25BrN2O. The third-order valence-corrected chi connectivity index (χ3v) is 5.75. The van der Waals surface area contributed by atoms with Crippen LogP contribution in [0.2, 0.25) is 0 Å². The van der Waals surface area contributed by atoms with E-state index in [1.165, 1.54) is 12.0 Å². The summed E-state index contributed by atoms with van der Waals surface area (Å²) in [6.07, 6.45) is 5.64. The lowest BCUT2D eigenvalue weighted by Crippen LogP contribution is -2.48. The molecule has 0 radical (unpaired) electrons. The van der Waals surface area contributed by atoms with Gasteiger partial charge in [0.05, 0.1) is 0 Å². The number of hydrogen-bond acceptors (Lipinski definition) is 2. The standard InChI is InChI=1S/C18H25BrN2O/c1-20(18(22)15-3-2-4-15)17-9-11-21(12-10-17)13-14-5-7-16(19)8-6-14/h5-8,15,17H,2-4,9-13H2,1H3. The maximum absolute atomic E-state index is 12.3. The minimum atomic E-state index is 0.325. The Morgan fingerprint density at radius 2 is 1.82 bits per heavy atom. The van der Waals surface area contributed by atoms with E-state index in [9.17, 15) is 4.79 Å². The van der Waals surface area contributed by atoms with Gasteiger partial charge in [0, 0.05) is 43.1 Å². The van der Waals surface area contributed by atoms with Gasteiger partial charge in [-0.25, -0.2) is 0 Å². The first kappa shape index (κ1) is 16.0. The topological polar surface area (TPSA) is 23.6 Å². The van der Waals surface area contributed by atoms with E-state index in [0.29, 0.717) is 17.9 Å². The number of amides is 1. The van der Waals surface area contributed by atoms with Crippen LogP contribution in [0.15, 0.2) is 28.7 Å². The number of benzene rings is 1. The average Bonchev–Trinajstić information content (AvgIpc) is 2.48. The van der Waals surface area contributed by atoms with Crippen LogP contribution in [0, 0.1) is 5.92 Å². The minimum absolute atomic E-state index is 0.325. The summed E-state index contributed by atoms with van der Waals surface area (Å²) in [5, 5.41) is 0. The summed E-state index contributed by atoms with van der Waals surface area (Å²) < 4.78 is 1.13. The van der Waals surface area contributed by atoms with Gasteiger partial charge in [-0.3, -0.25) is 9.69 Å². The number of piperidine rings is 1. The van der Waals surface area contributed by atoms with Gasteiger partial charge in [0.1, 0.15) is 0 Å². The molecule has 3 rings (SSSR count). The second kappa shape index (κ2) is 7.14. The van der Waals surface area contributed by atoms with Gasteiger partial charge < -0.3 is 4.90 Å². The molecule has 1 saturated carbocycles. The molecule has 22 heavy (non-hydrogen) atoms. The molecule has 1 heterocycles. The molecule has 2 fully saturated rings. The highest BCUT2D eigenvalue weighted by atomic mass is 79.9. The van der Waals surface area contributed by atoms with Crippen LogP contribution in [0.1, 0.15) is 37.7 Å². The summed E-state index contributed by atoms with van der Waals surface area (Å²) in [4.78, 5) is 16.9. The van der Waals surface area contributed by atoms with Gasteiger partial charge in [0.2, 0.25) is 5.91 Å². The van der Waals surface area contributed by atoms with Crippen LogP contribution < -0.4 is 0 Å². The van der Waals surface area contributed by atoms with E-state index in [0.717, 1.165) is 49.8 Å². The third-order valence-electron chi connectivity index (χ3n) is 5.23. The van der Waals surface area contributed by atoms with E-state index < -0.39 is 0 Å². The molecule has 0 aromatic heterocycles. The lowest BCUT2D eigenvalue weighted by atomic mass is 9.84. The average molecular weight is 365 g/mol. The quantitative estimate of drug-likeness (QED) is 0.813. The number of nitrogens with zero attached hydrogens (tertiary/aromatic N) is 2. The molecule has 0 spiro atoms. The highest BCUT2D eigenvalue weighted by Crippen LogP contribution is 2.29. The molecular weight excluding hydrogens is 340 g/mol. The Bertz CT molecular complexity index is 504.